The molecule has 0 aliphatic carbocycles. The summed E-state index contributed by atoms with van der Waals surface area (Å²) < 4.78 is 1.42. The number of para-hydroxylation sites is 1. The molecule has 0 saturated carbocycles. The monoisotopic (exact) mass is 361 g/mol. The summed E-state index contributed by atoms with van der Waals surface area (Å²) in [5.74, 6) is 0.605. The minimum absolute atomic E-state index is 0.00709. The lowest BCUT2D eigenvalue weighted by Gasteiger charge is -2.32. The summed E-state index contributed by atoms with van der Waals surface area (Å²) >= 11 is 0. The van der Waals surface area contributed by atoms with Gasteiger partial charge in [0.15, 0.2) is 0 Å². The lowest BCUT2D eigenvalue weighted by atomic mass is 9.90. The van der Waals surface area contributed by atoms with Gasteiger partial charge in [0.2, 0.25) is 5.91 Å². The Morgan fingerprint density at radius 2 is 1.70 bits per heavy atom. The maximum absolute atomic E-state index is 12.7. The second-order valence-electron chi connectivity index (χ2n) is 7.21. The Morgan fingerprint density at radius 3 is 2.48 bits per heavy atom. The molecule has 0 radical (unpaired) electrons. The number of fused-ring (bicyclic) bond motifs is 1. The number of hydrogen-bond donors (Lipinski definition) is 0. The minimum Gasteiger partial charge on any atom is -0.341 e. The van der Waals surface area contributed by atoms with Gasteiger partial charge in [0, 0.05) is 13.1 Å². The largest absolute Gasteiger partial charge is 0.341 e. The summed E-state index contributed by atoms with van der Waals surface area (Å²) in [6.45, 7) is 1.57. The van der Waals surface area contributed by atoms with E-state index in [2.05, 4.69) is 29.2 Å². The minimum atomic E-state index is -0.159. The van der Waals surface area contributed by atoms with Crippen molar-refractivity contribution < 1.29 is 4.79 Å². The van der Waals surface area contributed by atoms with Crippen molar-refractivity contribution in [2.75, 3.05) is 13.1 Å². The second-order valence-corrected chi connectivity index (χ2v) is 7.21. The van der Waals surface area contributed by atoms with Crippen molar-refractivity contribution >= 4 is 16.8 Å². The molecular formula is C22H23N3O2. The zero-order valence-corrected chi connectivity index (χ0v) is 15.3. The van der Waals surface area contributed by atoms with Crippen molar-refractivity contribution in [3.63, 3.8) is 0 Å². The second kappa shape index (κ2) is 7.74. The summed E-state index contributed by atoms with van der Waals surface area (Å²) in [6, 6.07) is 17.7. The summed E-state index contributed by atoms with van der Waals surface area (Å²) in [7, 11) is 0. The molecule has 2 aromatic carbocycles. The first-order chi connectivity index (χ1) is 13.2. The number of carbonyl (C=O) groups is 1. The average Bonchev–Trinajstić information content (AvgIpc) is 2.71. The lowest BCUT2D eigenvalue weighted by Crippen LogP contribution is -2.41. The topological polar surface area (TPSA) is 55.2 Å². The Balaban J connectivity index is 1.37. The average molecular weight is 361 g/mol. The Bertz CT molecular complexity index is 989. The summed E-state index contributed by atoms with van der Waals surface area (Å²) in [4.78, 5) is 31.4. The highest BCUT2D eigenvalue weighted by molar-refractivity contribution is 5.79. The van der Waals surface area contributed by atoms with Gasteiger partial charge in [-0.05, 0) is 42.9 Å². The van der Waals surface area contributed by atoms with Crippen LogP contribution in [-0.2, 0) is 17.8 Å². The highest BCUT2D eigenvalue weighted by Gasteiger charge is 2.23. The third kappa shape index (κ3) is 3.92. The van der Waals surface area contributed by atoms with Gasteiger partial charge in [-0.1, -0.05) is 42.5 Å². The molecule has 5 nitrogen and oxygen atoms in total. The first-order valence-electron chi connectivity index (χ1n) is 9.46. The first-order valence-corrected chi connectivity index (χ1v) is 9.46. The fraction of sp³-hybridized carbons (Fsp3) is 0.318. The Hall–Kier alpha value is -2.95. The van der Waals surface area contributed by atoms with E-state index in [-0.39, 0.29) is 18.0 Å². The Labute approximate surface area is 158 Å². The SMILES string of the molecule is O=C(Cn1cnc2ccccc2c1=O)N1CCC(Cc2ccccc2)CC1. The molecule has 0 bridgehead atoms. The van der Waals surface area contributed by atoms with Crippen molar-refractivity contribution in [1.29, 1.82) is 0 Å². The number of piperidine rings is 1. The molecule has 0 spiro atoms. The van der Waals surface area contributed by atoms with Crippen LogP contribution in [0.2, 0.25) is 0 Å². The van der Waals surface area contributed by atoms with Crippen LogP contribution in [-0.4, -0.2) is 33.4 Å². The van der Waals surface area contributed by atoms with Crippen LogP contribution in [0.1, 0.15) is 18.4 Å². The Kier molecular flexibility index (Phi) is 5.01. The van der Waals surface area contributed by atoms with Gasteiger partial charge in [-0.2, -0.15) is 0 Å². The zero-order chi connectivity index (χ0) is 18.6. The van der Waals surface area contributed by atoms with Gasteiger partial charge in [0.1, 0.15) is 6.54 Å². The molecule has 1 aliphatic heterocycles. The van der Waals surface area contributed by atoms with E-state index >= 15 is 0 Å². The molecule has 2 heterocycles. The van der Waals surface area contributed by atoms with E-state index in [9.17, 15) is 9.59 Å². The van der Waals surface area contributed by atoms with E-state index in [1.165, 1.54) is 16.5 Å². The number of rotatable bonds is 4. The predicted octanol–water partition coefficient (Wildman–Crippen LogP) is 2.88. The van der Waals surface area contributed by atoms with Gasteiger partial charge in [-0.25, -0.2) is 4.98 Å². The molecule has 1 aromatic heterocycles. The molecule has 5 heteroatoms. The Morgan fingerprint density at radius 1 is 1.00 bits per heavy atom. The number of hydrogen-bond acceptors (Lipinski definition) is 3. The third-order valence-corrected chi connectivity index (χ3v) is 5.37. The van der Waals surface area contributed by atoms with E-state index in [1.807, 2.05) is 23.1 Å². The normalized spacial score (nSPS) is 15.2. The highest BCUT2D eigenvalue weighted by atomic mass is 16.2. The third-order valence-electron chi connectivity index (χ3n) is 5.37. The summed E-state index contributed by atoms with van der Waals surface area (Å²) in [5, 5.41) is 0.550. The molecule has 0 N–H and O–H groups in total. The molecule has 138 valence electrons. The number of nitrogens with zero attached hydrogens (tertiary/aromatic N) is 3. The van der Waals surface area contributed by atoms with Crippen LogP contribution >= 0.6 is 0 Å². The van der Waals surface area contributed by atoms with Gasteiger partial charge >= 0.3 is 0 Å². The fourth-order valence-corrected chi connectivity index (χ4v) is 3.80. The molecule has 4 rings (SSSR count). The fourth-order valence-electron chi connectivity index (χ4n) is 3.80. The number of aromatic nitrogens is 2. The number of amides is 1. The molecule has 1 saturated heterocycles. The van der Waals surface area contributed by atoms with Crippen LogP contribution in [0.5, 0.6) is 0 Å². The quantitative estimate of drug-likeness (QED) is 0.718. The number of benzene rings is 2. The maximum Gasteiger partial charge on any atom is 0.261 e. The van der Waals surface area contributed by atoms with E-state index < -0.39 is 0 Å². The van der Waals surface area contributed by atoms with Crippen molar-refractivity contribution in [2.24, 2.45) is 5.92 Å². The van der Waals surface area contributed by atoms with E-state index in [0.717, 1.165) is 32.4 Å². The molecule has 3 aromatic rings. The number of likely N-dealkylation sites (tertiary alicyclic amines) is 1. The molecule has 0 atom stereocenters. The molecule has 1 amide bonds. The molecule has 27 heavy (non-hydrogen) atoms. The van der Waals surface area contributed by atoms with E-state index in [0.29, 0.717) is 16.8 Å². The smallest absolute Gasteiger partial charge is 0.261 e. The van der Waals surface area contributed by atoms with E-state index in [4.69, 9.17) is 0 Å². The van der Waals surface area contributed by atoms with Crippen molar-refractivity contribution in [3.05, 3.63) is 76.8 Å². The van der Waals surface area contributed by atoms with Crippen LogP contribution in [0.25, 0.3) is 10.9 Å². The molecule has 1 fully saturated rings. The van der Waals surface area contributed by atoms with Crippen LogP contribution in [0, 0.1) is 5.92 Å². The van der Waals surface area contributed by atoms with Crippen molar-refractivity contribution in [1.82, 2.24) is 14.5 Å². The van der Waals surface area contributed by atoms with Crippen LogP contribution < -0.4 is 5.56 Å². The van der Waals surface area contributed by atoms with Crippen LogP contribution in [0.4, 0.5) is 0 Å². The van der Waals surface area contributed by atoms with Gasteiger partial charge in [-0.3, -0.25) is 14.2 Å². The van der Waals surface area contributed by atoms with Crippen LogP contribution in [0.15, 0.2) is 65.7 Å². The predicted molar refractivity (Wildman–Crippen MR) is 105 cm³/mol. The number of carbonyl (C=O) groups excluding carboxylic acids is 1. The zero-order valence-electron chi connectivity index (χ0n) is 15.3. The van der Waals surface area contributed by atoms with Gasteiger partial charge in [0.05, 0.1) is 17.2 Å². The summed E-state index contributed by atoms with van der Waals surface area (Å²) in [5.41, 5.74) is 1.86. The van der Waals surface area contributed by atoms with Gasteiger partial charge in [0.25, 0.3) is 5.56 Å². The lowest BCUT2D eigenvalue weighted by molar-refractivity contribution is -0.133. The molecular weight excluding hydrogens is 338 g/mol. The summed E-state index contributed by atoms with van der Waals surface area (Å²) in [6.07, 6.45) is 4.55. The maximum atomic E-state index is 12.7. The van der Waals surface area contributed by atoms with E-state index in [1.54, 1.807) is 12.1 Å². The van der Waals surface area contributed by atoms with Gasteiger partial charge in [-0.15, -0.1) is 0 Å². The standard InChI is InChI=1S/C22H23N3O2/c26-21(15-25-16-23-20-9-5-4-8-19(20)22(25)27)24-12-10-18(11-13-24)14-17-6-2-1-3-7-17/h1-9,16,18H,10-15H2. The van der Waals surface area contributed by atoms with Crippen molar-refractivity contribution in [2.45, 2.75) is 25.8 Å². The first kappa shape index (κ1) is 17.5. The molecule has 0 unspecified atom stereocenters. The van der Waals surface area contributed by atoms with Crippen LogP contribution in [0.3, 0.4) is 0 Å². The molecule has 1 aliphatic rings. The van der Waals surface area contributed by atoms with Crippen molar-refractivity contribution in [3.8, 4) is 0 Å². The van der Waals surface area contributed by atoms with Gasteiger partial charge < -0.3 is 4.90 Å². The highest BCUT2D eigenvalue weighted by Crippen LogP contribution is 2.21.